The highest BCUT2D eigenvalue weighted by atomic mass is 16.6. The van der Waals surface area contributed by atoms with Crippen molar-refractivity contribution < 1.29 is 24.2 Å². The summed E-state index contributed by atoms with van der Waals surface area (Å²) in [6, 6.07) is 4.39. The molecule has 0 saturated carbocycles. The predicted molar refractivity (Wildman–Crippen MR) is 123 cm³/mol. The number of hydrogen-bond acceptors (Lipinski definition) is 5. The van der Waals surface area contributed by atoms with Crippen molar-refractivity contribution >= 4 is 17.9 Å². The predicted octanol–water partition coefficient (Wildman–Crippen LogP) is 2.36. The highest BCUT2D eigenvalue weighted by Gasteiger charge is 2.35. The molecule has 0 heterocycles. The Morgan fingerprint density at radius 1 is 1.22 bits per heavy atom. The SMILES string of the molecule is C#Cc1ccccc1C(C(=O)NC(C)CCC)N(C)C(=O)C(CO)NC(=O)OC(C)(C)C. The first-order valence-corrected chi connectivity index (χ1v) is 10.7. The lowest BCUT2D eigenvalue weighted by Gasteiger charge is -2.32. The molecule has 0 aliphatic rings. The van der Waals surface area contributed by atoms with Gasteiger partial charge in [0.2, 0.25) is 11.8 Å². The van der Waals surface area contributed by atoms with Gasteiger partial charge in [-0.15, -0.1) is 6.42 Å². The third-order valence-electron chi connectivity index (χ3n) is 4.68. The van der Waals surface area contributed by atoms with E-state index in [-0.39, 0.29) is 6.04 Å². The second kappa shape index (κ2) is 12.1. The summed E-state index contributed by atoms with van der Waals surface area (Å²) in [5.74, 6) is 1.48. The number of terminal acetylenes is 1. The maximum Gasteiger partial charge on any atom is 0.408 e. The first-order valence-electron chi connectivity index (χ1n) is 10.7. The first-order chi connectivity index (χ1) is 14.9. The fourth-order valence-corrected chi connectivity index (χ4v) is 3.23. The molecule has 1 aromatic rings. The third kappa shape index (κ3) is 7.89. The van der Waals surface area contributed by atoms with Gasteiger partial charge in [-0.1, -0.05) is 37.5 Å². The average Bonchev–Trinajstić information content (AvgIpc) is 2.70. The smallest absolute Gasteiger partial charge is 0.408 e. The van der Waals surface area contributed by atoms with Crippen LogP contribution in [0.15, 0.2) is 24.3 Å². The summed E-state index contributed by atoms with van der Waals surface area (Å²) < 4.78 is 5.17. The van der Waals surface area contributed by atoms with Crippen LogP contribution in [0, 0.1) is 12.3 Å². The van der Waals surface area contributed by atoms with Gasteiger partial charge in [-0.2, -0.15) is 0 Å². The molecular formula is C24H35N3O5. The van der Waals surface area contributed by atoms with Crippen molar-refractivity contribution in [2.45, 2.75) is 71.2 Å². The number of ether oxygens (including phenoxy) is 1. The third-order valence-corrected chi connectivity index (χ3v) is 4.68. The molecule has 0 radical (unpaired) electrons. The number of nitrogens with one attached hydrogen (secondary N) is 2. The molecule has 3 unspecified atom stereocenters. The summed E-state index contributed by atoms with van der Waals surface area (Å²) >= 11 is 0. The van der Waals surface area contributed by atoms with Crippen molar-refractivity contribution in [2.24, 2.45) is 0 Å². The molecule has 0 spiro atoms. The quantitative estimate of drug-likeness (QED) is 0.506. The monoisotopic (exact) mass is 445 g/mol. The molecule has 8 heteroatoms. The molecule has 0 saturated heterocycles. The Labute approximate surface area is 190 Å². The minimum Gasteiger partial charge on any atom is -0.444 e. The van der Waals surface area contributed by atoms with Gasteiger partial charge in [-0.3, -0.25) is 9.59 Å². The molecule has 176 valence electrons. The van der Waals surface area contributed by atoms with Gasteiger partial charge in [0.25, 0.3) is 0 Å². The Kier molecular flexibility index (Phi) is 10.2. The maximum atomic E-state index is 13.2. The number of alkyl carbamates (subject to hydrolysis) is 1. The lowest BCUT2D eigenvalue weighted by Crippen LogP contribution is -2.53. The minimum absolute atomic E-state index is 0.106. The highest BCUT2D eigenvalue weighted by molar-refractivity contribution is 5.92. The van der Waals surface area contributed by atoms with Crippen LogP contribution in [0.25, 0.3) is 0 Å². The molecule has 0 aromatic heterocycles. The van der Waals surface area contributed by atoms with Crippen LogP contribution >= 0.6 is 0 Å². The van der Waals surface area contributed by atoms with Gasteiger partial charge in [0.1, 0.15) is 17.7 Å². The summed E-state index contributed by atoms with van der Waals surface area (Å²) in [6.45, 7) is 8.28. The van der Waals surface area contributed by atoms with Crippen LogP contribution in [0.5, 0.6) is 0 Å². The van der Waals surface area contributed by atoms with Gasteiger partial charge < -0.3 is 25.4 Å². The number of benzene rings is 1. The number of amides is 3. The van der Waals surface area contributed by atoms with Gasteiger partial charge in [-0.05, 0) is 45.7 Å². The lowest BCUT2D eigenvalue weighted by molar-refractivity contribution is -0.141. The lowest BCUT2D eigenvalue weighted by atomic mass is 9.97. The van der Waals surface area contributed by atoms with Crippen molar-refractivity contribution in [1.29, 1.82) is 0 Å². The average molecular weight is 446 g/mol. The van der Waals surface area contributed by atoms with Crippen LogP contribution in [-0.4, -0.2) is 59.3 Å². The van der Waals surface area contributed by atoms with E-state index < -0.39 is 42.2 Å². The van der Waals surface area contributed by atoms with E-state index in [1.54, 1.807) is 45.0 Å². The molecular weight excluding hydrogens is 410 g/mol. The first kappa shape index (κ1) is 27.0. The molecule has 1 rings (SSSR count). The standard InChI is InChI=1S/C24H35N3O5/c1-8-12-16(3)25-21(29)20(18-14-11-10-13-17(18)9-2)27(7)22(30)19(15-28)26-23(31)32-24(4,5)6/h2,10-11,13-14,16,19-20,28H,8,12,15H2,1,3-7H3,(H,25,29)(H,26,31). The molecule has 3 amide bonds. The molecule has 0 fully saturated rings. The molecule has 3 N–H and O–H groups in total. The molecule has 1 aromatic carbocycles. The fourth-order valence-electron chi connectivity index (χ4n) is 3.23. The zero-order valence-corrected chi connectivity index (χ0v) is 19.8. The zero-order valence-electron chi connectivity index (χ0n) is 19.8. The summed E-state index contributed by atoms with van der Waals surface area (Å²) in [4.78, 5) is 39.7. The van der Waals surface area contributed by atoms with E-state index in [0.717, 1.165) is 12.8 Å². The van der Waals surface area contributed by atoms with E-state index in [1.807, 2.05) is 13.8 Å². The van der Waals surface area contributed by atoms with E-state index in [2.05, 4.69) is 16.6 Å². The summed E-state index contributed by atoms with van der Waals surface area (Å²) in [5.41, 5.74) is 0.167. The summed E-state index contributed by atoms with van der Waals surface area (Å²) in [7, 11) is 1.43. The van der Waals surface area contributed by atoms with Crippen LogP contribution in [0.3, 0.4) is 0 Å². The number of hydrogen-bond donors (Lipinski definition) is 3. The fraction of sp³-hybridized carbons (Fsp3) is 0.542. The molecule has 32 heavy (non-hydrogen) atoms. The van der Waals surface area contributed by atoms with E-state index in [4.69, 9.17) is 11.2 Å². The van der Waals surface area contributed by atoms with Gasteiger partial charge in [0.15, 0.2) is 0 Å². The Bertz CT molecular complexity index is 841. The molecule has 8 nitrogen and oxygen atoms in total. The number of aliphatic hydroxyl groups is 1. The topological polar surface area (TPSA) is 108 Å². The number of carbonyl (C=O) groups excluding carboxylic acids is 3. The Morgan fingerprint density at radius 2 is 1.84 bits per heavy atom. The van der Waals surface area contributed by atoms with E-state index >= 15 is 0 Å². The van der Waals surface area contributed by atoms with Crippen molar-refractivity contribution in [2.75, 3.05) is 13.7 Å². The largest absolute Gasteiger partial charge is 0.444 e. The molecule has 0 aliphatic heterocycles. The Morgan fingerprint density at radius 3 is 2.38 bits per heavy atom. The zero-order chi connectivity index (χ0) is 24.5. The van der Waals surface area contributed by atoms with Gasteiger partial charge in [0, 0.05) is 18.7 Å². The maximum absolute atomic E-state index is 13.2. The van der Waals surface area contributed by atoms with Crippen LogP contribution < -0.4 is 10.6 Å². The van der Waals surface area contributed by atoms with Crippen molar-refractivity contribution in [1.82, 2.24) is 15.5 Å². The highest BCUT2D eigenvalue weighted by Crippen LogP contribution is 2.24. The van der Waals surface area contributed by atoms with Gasteiger partial charge in [0.05, 0.1) is 6.61 Å². The van der Waals surface area contributed by atoms with Crippen LogP contribution in [-0.2, 0) is 14.3 Å². The van der Waals surface area contributed by atoms with Crippen LogP contribution in [0.1, 0.15) is 64.6 Å². The molecule has 3 atom stereocenters. The second-order valence-corrected chi connectivity index (χ2v) is 8.66. The number of carbonyl (C=O) groups is 3. The van der Waals surface area contributed by atoms with E-state index in [0.29, 0.717) is 11.1 Å². The number of likely N-dealkylation sites (N-methyl/N-ethyl adjacent to an activating group) is 1. The number of rotatable bonds is 9. The minimum atomic E-state index is -1.30. The molecule has 0 aliphatic carbocycles. The normalized spacial score (nSPS) is 13.8. The van der Waals surface area contributed by atoms with E-state index in [1.165, 1.54) is 11.9 Å². The Balaban J connectivity index is 3.24. The van der Waals surface area contributed by atoms with Crippen molar-refractivity contribution in [3.05, 3.63) is 35.4 Å². The van der Waals surface area contributed by atoms with Crippen LogP contribution in [0.2, 0.25) is 0 Å². The van der Waals surface area contributed by atoms with Crippen molar-refractivity contribution in [3.8, 4) is 12.3 Å². The number of aliphatic hydroxyl groups excluding tert-OH is 1. The van der Waals surface area contributed by atoms with E-state index in [9.17, 15) is 19.5 Å². The second-order valence-electron chi connectivity index (χ2n) is 8.66. The van der Waals surface area contributed by atoms with Gasteiger partial charge >= 0.3 is 6.09 Å². The number of nitrogens with zero attached hydrogens (tertiary/aromatic N) is 1. The van der Waals surface area contributed by atoms with Crippen LogP contribution in [0.4, 0.5) is 4.79 Å². The molecule has 0 bridgehead atoms. The Hall–Kier alpha value is -3.05. The van der Waals surface area contributed by atoms with Crippen molar-refractivity contribution in [3.63, 3.8) is 0 Å². The van der Waals surface area contributed by atoms with Gasteiger partial charge in [-0.25, -0.2) is 4.79 Å². The summed E-state index contributed by atoms with van der Waals surface area (Å²) in [6.07, 6.45) is 6.43. The summed E-state index contributed by atoms with van der Waals surface area (Å²) in [5, 5.41) is 15.0.